The van der Waals surface area contributed by atoms with Crippen molar-refractivity contribution >= 4 is 16.9 Å². The number of hydrogen-bond donors (Lipinski definition) is 1. The number of piperidine rings is 1. The lowest BCUT2D eigenvalue weighted by atomic mass is 9.98. The zero-order valence-electron chi connectivity index (χ0n) is 24.7. The van der Waals surface area contributed by atoms with Gasteiger partial charge in [-0.05, 0) is 25.3 Å². The predicted octanol–water partition coefficient (Wildman–Crippen LogP) is 3.20. The molecule has 4 unspecified atom stereocenters. The molecule has 1 aromatic carbocycles. The minimum Gasteiger partial charge on any atom is -0.459 e. The number of para-hydroxylation sites is 1. The van der Waals surface area contributed by atoms with E-state index in [0.717, 1.165) is 0 Å². The van der Waals surface area contributed by atoms with Gasteiger partial charge in [-0.2, -0.15) is 0 Å². The molecule has 1 aromatic heterocycles. The minimum absolute atomic E-state index is 0.223. The van der Waals surface area contributed by atoms with Gasteiger partial charge in [-0.25, -0.2) is 4.79 Å². The number of aromatic amines is 1. The molecular formula is C18H22N2O2. The molecule has 4 nitrogen and oxygen atoms in total. The van der Waals surface area contributed by atoms with E-state index in [-0.39, 0.29) is 15.8 Å². The molecule has 4 heteroatoms. The lowest BCUT2D eigenvalue weighted by molar-refractivity contribution is -0.00223. The van der Waals surface area contributed by atoms with Gasteiger partial charge in [0.2, 0.25) is 0 Å². The number of carbonyl (C=O) groups excluding carboxylic acids is 1. The summed E-state index contributed by atoms with van der Waals surface area (Å²) in [6.07, 6.45) is -13.9. The average molecular weight is 311 g/mol. The maximum absolute atomic E-state index is 13.1. The van der Waals surface area contributed by atoms with E-state index in [9.17, 15) is 4.79 Å². The van der Waals surface area contributed by atoms with Crippen LogP contribution in [0.2, 0.25) is 0 Å². The topological polar surface area (TPSA) is 45.3 Å². The second kappa shape index (κ2) is 5.13. The highest BCUT2D eigenvalue weighted by molar-refractivity contribution is 6.04. The Hall–Kier alpha value is -1.81. The normalized spacial score (nSPS) is 61.0. The van der Waals surface area contributed by atoms with E-state index in [4.69, 9.17) is 22.6 Å². The highest BCUT2D eigenvalue weighted by atomic mass is 16.5. The van der Waals surface area contributed by atoms with Crippen LogP contribution in [0.15, 0.2) is 30.5 Å². The number of esters is 1. The van der Waals surface area contributed by atoms with Crippen LogP contribution in [0.25, 0.3) is 10.9 Å². The zero-order valence-corrected chi connectivity index (χ0v) is 11.7. The van der Waals surface area contributed by atoms with Crippen molar-refractivity contribution in [1.82, 2.24) is 9.88 Å². The van der Waals surface area contributed by atoms with E-state index in [0.29, 0.717) is 12.4 Å². The fraction of sp³-hybridized carbons (Fsp3) is 0.500. The summed E-state index contributed by atoms with van der Waals surface area (Å²) in [7, 11) is 0. The molecule has 2 aliphatic heterocycles. The van der Waals surface area contributed by atoms with Crippen LogP contribution in [0.4, 0.5) is 0 Å². The molecule has 0 aliphatic carbocycles. The molecule has 3 heterocycles. The molecule has 2 saturated heterocycles. The number of rotatable bonds is 2. The highest BCUT2D eigenvalue weighted by Gasteiger charge is 2.44. The van der Waals surface area contributed by atoms with Crippen LogP contribution in [0, 0.1) is 5.89 Å². The zero-order chi connectivity index (χ0) is 26.8. The van der Waals surface area contributed by atoms with E-state index in [1.54, 1.807) is 18.2 Å². The number of ether oxygens (including phenoxy) is 1. The van der Waals surface area contributed by atoms with Crippen LogP contribution in [0.1, 0.15) is 54.2 Å². The Morgan fingerprint density at radius 1 is 1.45 bits per heavy atom. The first-order valence-electron chi connectivity index (χ1n) is 13.2. The first kappa shape index (κ1) is 5.68. The number of hydrogen-bond acceptors (Lipinski definition) is 3. The molecule has 2 bridgehead atoms. The first-order valence-corrected chi connectivity index (χ1v) is 6.69. The molecule has 0 amide bonds. The molecule has 2 fully saturated rings. The third-order valence-electron chi connectivity index (χ3n) is 3.58. The third kappa shape index (κ3) is 2.13. The molecule has 4 atom stereocenters. The monoisotopic (exact) mass is 311 g/mol. The lowest BCUT2D eigenvalue weighted by Crippen LogP contribution is -2.44. The number of benzene rings is 1. The predicted molar refractivity (Wildman–Crippen MR) is 85.9 cm³/mol. The third-order valence-corrected chi connectivity index (χ3v) is 3.58. The molecule has 2 aromatic rings. The Bertz CT molecular complexity index is 1180. The standard InChI is InChI=1S/C18H22N2O2/c1-11-7-12-8-13(9-17(11)20(12)2)22-18(21)15-10-19-16-6-4-3-5-14(15)16/h3-6,10-13,17,19H,7-9H2,1-2H3/i2D3,7D2,8D2,9D2,11D,12D,13D,17D. The molecule has 0 spiro atoms. The van der Waals surface area contributed by atoms with Crippen molar-refractivity contribution in [1.29, 1.82) is 0 Å². The Kier molecular flexibility index (Phi) is 1.32. The van der Waals surface area contributed by atoms with Crippen LogP contribution in [0.5, 0.6) is 0 Å². The summed E-state index contributed by atoms with van der Waals surface area (Å²) in [4.78, 5) is 15.6. The van der Waals surface area contributed by atoms with E-state index < -0.39 is 56.1 Å². The Morgan fingerprint density at radius 2 is 2.32 bits per heavy atom. The van der Waals surface area contributed by atoms with Crippen LogP contribution >= 0.6 is 0 Å². The van der Waals surface area contributed by atoms with Gasteiger partial charge in [0.1, 0.15) is 6.08 Å². The van der Waals surface area contributed by atoms with Gasteiger partial charge in [0.15, 0.2) is 0 Å². The van der Waals surface area contributed by atoms with E-state index in [1.807, 2.05) is 0 Å². The summed E-state index contributed by atoms with van der Waals surface area (Å²) in [5, 5.41) is 0.284. The summed E-state index contributed by atoms with van der Waals surface area (Å²) in [5.74, 6) is -4.52. The van der Waals surface area contributed by atoms with Gasteiger partial charge in [0.25, 0.3) is 0 Å². The van der Waals surface area contributed by atoms with Gasteiger partial charge in [0, 0.05) is 58.3 Å². The van der Waals surface area contributed by atoms with Crippen LogP contribution in [-0.4, -0.2) is 40.9 Å². The molecule has 0 radical (unpaired) electrons. The molecule has 0 saturated carbocycles. The molecule has 116 valence electrons. The number of aromatic nitrogens is 1. The quantitative estimate of drug-likeness (QED) is 0.866. The maximum Gasteiger partial charge on any atom is 0.340 e. The molecular weight excluding hydrogens is 276 g/mol. The van der Waals surface area contributed by atoms with Crippen LogP contribution in [0.3, 0.4) is 0 Å². The second-order valence-corrected chi connectivity index (χ2v) is 5.00. The Labute approximate surface area is 148 Å². The Morgan fingerprint density at radius 3 is 3.18 bits per heavy atom. The number of nitrogens with one attached hydrogen (secondary N) is 1. The van der Waals surface area contributed by atoms with Crippen molar-refractivity contribution in [3.8, 4) is 0 Å². The van der Waals surface area contributed by atoms with Gasteiger partial charge in [-0.3, -0.25) is 4.90 Å². The largest absolute Gasteiger partial charge is 0.459 e. The van der Waals surface area contributed by atoms with Crippen LogP contribution < -0.4 is 0 Å². The molecule has 1 N–H and O–H groups in total. The summed E-state index contributed by atoms with van der Waals surface area (Å²) < 4.78 is 115. The first-order chi connectivity index (χ1) is 15.6. The van der Waals surface area contributed by atoms with Gasteiger partial charge in [0.05, 0.1) is 6.93 Å². The van der Waals surface area contributed by atoms with Crippen LogP contribution in [-0.2, 0) is 4.74 Å². The summed E-state index contributed by atoms with van der Waals surface area (Å²) in [6.45, 7) is -2.95. The number of carbonyl (C=O) groups is 1. The minimum atomic E-state index is -3.90. The van der Waals surface area contributed by atoms with Crippen molar-refractivity contribution in [3.63, 3.8) is 0 Å². The van der Waals surface area contributed by atoms with Gasteiger partial charge < -0.3 is 9.72 Å². The molecule has 22 heavy (non-hydrogen) atoms. The fourth-order valence-electron chi connectivity index (χ4n) is 2.49. The summed E-state index contributed by atoms with van der Waals surface area (Å²) in [5.41, 5.74) is 0.241. The van der Waals surface area contributed by atoms with Gasteiger partial charge >= 0.3 is 5.97 Å². The van der Waals surface area contributed by atoms with Crippen molar-refractivity contribution in [2.24, 2.45) is 5.89 Å². The Balaban J connectivity index is 1.99. The smallest absolute Gasteiger partial charge is 0.340 e. The maximum atomic E-state index is 13.1. The van der Waals surface area contributed by atoms with Crippen molar-refractivity contribution in [3.05, 3.63) is 36.0 Å². The summed E-state index contributed by atoms with van der Waals surface area (Å²) in [6, 6.07) is -0.935. The number of fused-ring (bicyclic) bond motifs is 3. The SMILES string of the molecule is [2H]C([2H])([2H])N1C2([2H])C([2H])([2H])C([2H])(C)C1([2H])C([2H])([2H])C([2H])(OC(=O)c1c[nH]c3ccccc13)C2([2H])[2H]. The van der Waals surface area contributed by atoms with E-state index in [1.165, 1.54) is 12.3 Å². The van der Waals surface area contributed by atoms with E-state index in [2.05, 4.69) is 4.98 Å². The van der Waals surface area contributed by atoms with Crippen molar-refractivity contribution in [2.75, 3.05) is 6.98 Å². The van der Waals surface area contributed by atoms with E-state index >= 15 is 0 Å². The molecule has 2 aliphatic rings. The van der Waals surface area contributed by atoms with Crippen molar-refractivity contribution < 1.29 is 27.4 Å². The van der Waals surface area contributed by atoms with Gasteiger partial charge in [-0.15, -0.1) is 0 Å². The lowest BCUT2D eigenvalue weighted by Gasteiger charge is -2.36. The average Bonchev–Trinajstić information content (AvgIpc) is 3.18. The second-order valence-electron chi connectivity index (χ2n) is 5.00. The van der Waals surface area contributed by atoms with Crippen molar-refractivity contribution in [2.45, 2.75) is 44.2 Å². The fourth-order valence-corrected chi connectivity index (χ4v) is 2.49. The number of nitrogens with zero attached hydrogens (tertiary/aromatic N) is 1. The highest BCUT2D eigenvalue weighted by Crippen LogP contribution is 2.39. The number of H-pyrrole nitrogens is 1. The molecule has 4 rings (SSSR count). The van der Waals surface area contributed by atoms with Gasteiger partial charge in [-0.1, -0.05) is 25.1 Å². The summed E-state index contributed by atoms with van der Waals surface area (Å²) >= 11 is 0.